The maximum atomic E-state index is 11.9. The van der Waals surface area contributed by atoms with Crippen LogP contribution in [0.3, 0.4) is 0 Å². The van der Waals surface area contributed by atoms with Gasteiger partial charge in [-0.3, -0.25) is 9.88 Å². The van der Waals surface area contributed by atoms with E-state index in [0.29, 0.717) is 12.1 Å². The van der Waals surface area contributed by atoms with Crippen molar-refractivity contribution in [2.24, 2.45) is 0 Å². The molecule has 0 aromatic carbocycles. The van der Waals surface area contributed by atoms with Crippen LogP contribution >= 0.6 is 0 Å². The Morgan fingerprint density at radius 2 is 2.00 bits per heavy atom. The lowest BCUT2D eigenvalue weighted by Crippen LogP contribution is -2.39. The van der Waals surface area contributed by atoms with Crippen molar-refractivity contribution >= 4 is 11.7 Å². The van der Waals surface area contributed by atoms with Crippen molar-refractivity contribution in [3.05, 3.63) is 24.5 Å². The number of anilines is 1. The van der Waals surface area contributed by atoms with Crippen LogP contribution in [0.5, 0.6) is 0 Å². The summed E-state index contributed by atoms with van der Waals surface area (Å²) in [6, 6.07) is 4.52. The summed E-state index contributed by atoms with van der Waals surface area (Å²) in [5.74, 6) is 0. The molecule has 0 bridgehead atoms. The number of carbonyl (C=O) groups excluding carboxylic acids is 1. The second kappa shape index (κ2) is 3.77. The first-order valence-electron chi connectivity index (χ1n) is 5.86. The maximum Gasteiger partial charge on any atom is 0.322 e. The van der Waals surface area contributed by atoms with Crippen LogP contribution in [-0.4, -0.2) is 23.1 Å². The van der Waals surface area contributed by atoms with Crippen LogP contribution in [0.4, 0.5) is 10.5 Å². The number of nitrogens with one attached hydrogen (secondary N) is 1. The minimum absolute atomic E-state index is 0.0445. The van der Waals surface area contributed by atoms with Gasteiger partial charge in [-0.2, -0.15) is 0 Å². The molecule has 4 heteroatoms. The van der Waals surface area contributed by atoms with Crippen molar-refractivity contribution in [2.75, 3.05) is 4.90 Å². The number of hydrogen-bond donors (Lipinski definition) is 1. The van der Waals surface area contributed by atoms with Gasteiger partial charge in [0.15, 0.2) is 0 Å². The summed E-state index contributed by atoms with van der Waals surface area (Å²) < 4.78 is 0. The molecule has 3 rings (SSSR count). The van der Waals surface area contributed by atoms with Crippen LogP contribution in [0, 0.1) is 0 Å². The van der Waals surface area contributed by atoms with E-state index in [2.05, 4.69) is 10.3 Å². The first-order valence-corrected chi connectivity index (χ1v) is 5.86. The first-order chi connectivity index (χ1) is 7.86. The van der Waals surface area contributed by atoms with Crippen molar-refractivity contribution in [2.45, 2.75) is 37.8 Å². The highest BCUT2D eigenvalue weighted by molar-refractivity contribution is 5.95. The Hall–Kier alpha value is -1.58. The first kappa shape index (κ1) is 9.63. The smallest absolute Gasteiger partial charge is 0.322 e. The van der Waals surface area contributed by atoms with Gasteiger partial charge >= 0.3 is 6.03 Å². The lowest BCUT2D eigenvalue weighted by Gasteiger charge is -2.29. The van der Waals surface area contributed by atoms with E-state index < -0.39 is 0 Å². The molecule has 1 aliphatic heterocycles. The highest BCUT2D eigenvalue weighted by atomic mass is 16.2. The second-order valence-corrected chi connectivity index (χ2v) is 4.48. The van der Waals surface area contributed by atoms with Crippen molar-refractivity contribution in [3.63, 3.8) is 0 Å². The highest BCUT2D eigenvalue weighted by Crippen LogP contribution is 2.31. The van der Waals surface area contributed by atoms with Crippen LogP contribution in [0.15, 0.2) is 24.5 Å². The molecular formula is C12H15N3O. The molecule has 2 unspecified atom stereocenters. The number of aromatic nitrogens is 1. The molecule has 84 valence electrons. The number of carbonyl (C=O) groups is 1. The minimum Gasteiger partial charge on any atom is -0.333 e. The minimum atomic E-state index is 0.0445. The van der Waals surface area contributed by atoms with Gasteiger partial charge in [-0.05, 0) is 25.0 Å². The molecular weight excluding hydrogens is 202 g/mol. The molecule has 1 N–H and O–H groups in total. The largest absolute Gasteiger partial charge is 0.333 e. The molecule has 2 fully saturated rings. The predicted molar refractivity (Wildman–Crippen MR) is 61.3 cm³/mol. The third kappa shape index (κ3) is 1.45. The molecule has 1 saturated carbocycles. The van der Waals surface area contributed by atoms with Gasteiger partial charge in [0.2, 0.25) is 0 Å². The number of pyridine rings is 1. The lowest BCUT2D eigenvalue weighted by molar-refractivity contribution is 0.250. The third-order valence-corrected chi connectivity index (χ3v) is 3.53. The summed E-state index contributed by atoms with van der Waals surface area (Å²) in [6.07, 6.45) is 8.13. The molecule has 16 heavy (non-hydrogen) atoms. The van der Waals surface area contributed by atoms with Crippen LogP contribution in [0.2, 0.25) is 0 Å². The lowest BCUT2D eigenvalue weighted by atomic mass is 9.91. The maximum absolute atomic E-state index is 11.9. The van der Waals surface area contributed by atoms with E-state index in [9.17, 15) is 4.79 Å². The molecule has 1 saturated heterocycles. The van der Waals surface area contributed by atoms with Gasteiger partial charge in [0.05, 0.1) is 12.1 Å². The van der Waals surface area contributed by atoms with Crippen molar-refractivity contribution in [1.29, 1.82) is 0 Å². The summed E-state index contributed by atoms with van der Waals surface area (Å²) >= 11 is 0. The topological polar surface area (TPSA) is 45.2 Å². The van der Waals surface area contributed by atoms with Gasteiger partial charge in [0.25, 0.3) is 0 Å². The van der Waals surface area contributed by atoms with Crippen LogP contribution in [0.1, 0.15) is 25.7 Å². The van der Waals surface area contributed by atoms with Gasteiger partial charge in [-0.15, -0.1) is 0 Å². The summed E-state index contributed by atoms with van der Waals surface area (Å²) in [4.78, 5) is 17.8. The van der Waals surface area contributed by atoms with Crippen molar-refractivity contribution < 1.29 is 4.79 Å². The average Bonchev–Trinajstić information content (AvgIpc) is 2.66. The monoisotopic (exact) mass is 217 g/mol. The Morgan fingerprint density at radius 1 is 1.25 bits per heavy atom. The number of rotatable bonds is 1. The Kier molecular flexibility index (Phi) is 2.27. The Labute approximate surface area is 94.7 Å². The summed E-state index contributed by atoms with van der Waals surface area (Å²) in [5.41, 5.74) is 0.960. The quantitative estimate of drug-likeness (QED) is 0.781. The predicted octanol–water partition coefficient (Wildman–Crippen LogP) is 1.92. The summed E-state index contributed by atoms with van der Waals surface area (Å²) in [7, 11) is 0. The van der Waals surface area contributed by atoms with Gasteiger partial charge in [0, 0.05) is 18.1 Å². The molecule has 2 atom stereocenters. The van der Waals surface area contributed by atoms with Gasteiger partial charge in [0.1, 0.15) is 0 Å². The van der Waals surface area contributed by atoms with Crippen molar-refractivity contribution in [3.8, 4) is 0 Å². The highest BCUT2D eigenvalue weighted by Gasteiger charge is 2.40. The molecule has 2 aliphatic rings. The van der Waals surface area contributed by atoms with E-state index in [1.54, 1.807) is 12.4 Å². The fourth-order valence-corrected chi connectivity index (χ4v) is 2.78. The zero-order valence-electron chi connectivity index (χ0n) is 9.10. The van der Waals surface area contributed by atoms with E-state index in [1.165, 1.54) is 12.8 Å². The number of fused-ring (bicyclic) bond motifs is 1. The number of nitrogens with zero attached hydrogens (tertiary/aromatic N) is 2. The van der Waals surface area contributed by atoms with E-state index in [0.717, 1.165) is 18.5 Å². The van der Waals surface area contributed by atoms with Crippen molar-refractivity contribution in [1.82, 2.24) is 10.3 Å². The molecule has 1 aliphatic carbocycles. The van der Waals surface area contributed by atoms with Crippen LogP contribution in [0.25, 0.3) is 0 Å². The Balaban J connectivity index is 1.91. The van der Waals surface area contributed by atoms with Gasteiger partial charge in [-0.25, -0.2) is 4.79 Å². The SMILES string of the molecule is O=C1NC2CCCCC2N1c1ccncc1. The van der Waals surface area contributed by atoms with Gasteiger partial charge < -0.3 is 5.32 Å². The fraction of sp³-hybridized carbons (Fsp3) is 0.500. The van der Waals surface area contributed by atoms with E-state index in [-0.39, 0.29) is 6.03 Å². The average molecular weight is 217 g/mol. The normalized spacial score (nSPS) is 28.8. The second-order valence-electron chi connectivity index (χ2n) is 4.48. The zero-order valence-corrected chi connectivity index (χ0v) is 9.10. The molecule has 1 aromatic heterocycles. The number of hydrogen-bond acceptors (Lipinski definition) is 2. The number of urea groups is 1. The molecule has 2 heterocycles. The molecule has 2 amide bonds. The molecule has 0 radical (unpaired) electrons. The van der Waals surface area contributed by atoms with Crippen LogP contribution in [-0.2, 0) is 0 Å². The van der Waals surface area contributed by atoms with E-state index >= 15 is 0 Å². The summed E-state index contributed by atoms with van der Waals surface area (Å²) in [5, 5.41) is 3.07. The number of amides is 2. The Bertz CT molecular complexity index is 393. The van der Waals surface area contributed by atoms with Crippen LogP contribution < -0.4 is 10.2 Å². The summed E-state index contributed by atoms with van der Waals surface area (Å²) in [6.45, 7) is 0. The molecule has 1 aromatic rings. The van der Waals surface area contributed by atoms with E-state index in [1.807, 2.05) is 17.0 Å². The fourth-order valence-electron chi connectivity index (χ4n) is 2.78. The molecule has 4 nitrogen and oxygen atoms in total. The molecule has 0 spiro atoms. The standard InChI is InChI=1S/C12H15N3O/c16-12-14-10-3-1-2-4-11(10)15(12)9-5-7-13-8-6-9/h5-8,10-11H,1-4H2,(H,14,16). The Morgan fingerprint density at radius 3 is 2.81 bits per heavy atom. The zero-order chi connectivity index (χ0) is 11.0. The third-order valence-electron chi connectivity index (χ3n) is 3.53. The van der Waals surface area contributed by atoms with Gasteiger partial charge in [-0.1, -0.05) is 12.8 Å². The van der Waals surface area contributed by atoms with E-state index in [4.69, 9.17) is 0 Å².